The first-order chi connectivity index (χ1) is 11.0. The zero-order valence-corrected chi connectivity index (χ0v) is 12.8. The van der Waals surface area contributed by atoms with E-state index in [1.54, 1.807) is 31.2 Å². The molecule has 2 aromatic carbocycles. The van der Waals surface area contributed by atoms with Gasteiger partial charge in [-0.25, -0.2) is 8.78 Å². The molecule has 0 aliphatic heterocycles. The first-order valence-corrected chi connectivity index (χ1v) is 7.08. The Bertz CT molecular complexity index is 729. The van der Waals surface area contributed by atoms with E-state index in [1.807, 2.05) is 0 Å². The molecule has 0 aromatic heterocycles. The molecule has 0 unspecified atom stereocenters. The van der Waals surface area contributed by atoms with E-state index in [0.29, 0.717) is 11.1 Å². The number of carbonyl (C=O) groups excluding carboxylic acids is 1. The summed E-state index contributed by atoms with van der Waals surface area (Å²) in [6.45, 7) is 1.73. The third-order valence-corrected chi connectivity index (χ3v) is 3.35. The van der Waals surface area contributed by atoms with Gasteiger partial charge in [0, 0.05) is 11.6 Å². The lowest BCUT2D eigenvalue weighted by atomic mass is 10.1. The summed E-state index contributed by atoms with van der Waals surface area (Å²) in [5.74, 6) is -1.14. The van der Waals surface area contributed by atoms with E-state index in [4.69, 9.17) is 4.74 Å². The number of carbonyl (C=O) groups is 1. The van der Waals surface area contributed by atoms with Crippen LogP contribution in [0.5, 0.6) is 5.75 Å². The molecule has 0 aliphatic rings. The molecule has 23 heavy (non-hydrogen) atoms. The predicted octanol–water partition coefficient (Wildman–Crippen LogP) is 3.86. The van der Waals surface area contributed by atoms with E-state index in [1.165, 1.54) is 37.5 Å². The Kier molecular flexibility index (Phi) is 5.46. The van der Waals surface area contributed by atoms with Crippen molar-refractivity contribution in [2.24, 2.45) is 0 Å². The fraction of sp³-hybridized carbons (Fsp3) is 0.167. The molecule has 0 heterocycles. The minimum atomic E-state index is -0.493. The normalized spacial score (nSPS) is 12.2. The number of nitrogens with one attached hydrogen (secondary N) is 1. The molecule has 2 aromatic rings. The van der Waals surface area contributed by atoms with Crippen molar-refractivity contribution in [1.29, 1.82) is 0 Å². The molecule has 1 N–H and O–H groups in total. The maximum Gasteiger partial charge on any atom is 0.244 e. The Balaban J connectivity index is 2.02. The number of halogens is 2. The molecular weight excluding hydrogens is 300 g/mol. The second kappa shape index (κ2) is 7.54. The topological polar surface area (TPSA) is 38.3 Å². The smallest absolute Gasteiger partial charge is 0.244 e. The average Bonchev–Trinajstić information content (AvgIpc) is 2.54. The van der Waals surface area contributed by atoms with Crippen LogP contribution in [0.2, 0.25) is 0 Å². The van der Waals surface area contributed by atoms with Crippen molar-refractivity contribution < 1.29 is 18.3 Å². The monoisotopic (exact) mass is 317 g/mol. The third kappa shape index (κ3) is 4.39. The van der Waals surface area contributed by atoms with E-state index >= 15 is 0 Å². The van der Waals surface area contributed by atoms with Gasteiger partial charge in [-0.15, -0.1) is 0 Å². The maximum absolute atomic E-state index is 13.7. The minimum absolute atomic E-state index is 0.145. The quantitative estimate of drug-likeness (QED) is 0.850. The van der Waals surface area contributed by atoms with Crippen molar-refractivity contribution in [2.75, 3.05) is 7.11 Å². The standard InChI is InChI=1S/C18H17F2NO2/c1-12(14-7-9-17(23-2)16(20)11-14)21-18(22)10-8-13-5-3-4-6-15(13)19/h3-12H,1-2H3,(H,21,22)/b10-8+/t12-/m0/s1. The van der Waals surface area contributed by atoms with Crippen LogP contribution in [0.1, 0.15) is 24.1 Å². The predicted molar refractivity (Wildman–Crippen MR) is 84.9 cm³/mol. The summed E-state index contributed by atoms with van der Waals surface area (Å²) >= 11 is 0. The number of hydrogen-bond acceptors (Lipinski definition) is 2. The lowest BCUT2D eigenvalue weighted by Crippen LogP contribution is -2.24. The number of rotatable bonds is 5. The summed E-state index contributed by atoms with van der Waals surface area (Å²) in [5, 5.41) is 2.69. The Morgan fingerprint density at radius 1 is 1.17 bits per heavy atom. The summed E-state index contributed by atoms with van der Waals surface area (Å²) in [5.41, 5.74) is 0.932. The molecule has 0 fully saturated rings. The van der Waals surface area contributed by atoms with Crippen molar-refractivity contribution in [1.82, 2.24) is 5.32 Å². The van der Waals surface area contributed by atoms with Gasteiger partial charge in [0.05, 0.1) is 13.2 Å². The number of hydrogen-bond donors (Lipinski definition) is 1. The van der Waals surface area contributed by atoms with Gasteiger partial charge in [0.25, 0.3) is 0 Å². The van der Waals surface area contributed by atoms with Gasteiger partial charge in [0.1, 0.15) is 5.82 Å². The van der Waals surface area contributed by atoms with Gasteiger partial charge in [-0.05, 0) is 36.8 Å². The first-order valence-electron chi connectivity index (χ1n) is 7.08. The van der Waals surface area contributed by atoms with Crippen LogP contribution in [0.25, 0.3) is 6.08 Å². The van der Waals surface area contributed by atoms with E-state index in [-0.39, 0.29) is 5.75 Å². The van der Waals surface area contributed by atoms with Gasteiger partial charge in [0.15, 0.2) is 11.6 Å². The lowest BCUT2D eigenvalue weighted by Gasteiger charge is -2.14. The summed E-state index contributed by atoms with van der Waals surface area (Å²) in [6, 6.07) is 10.2. The number of amides is 1. The zero-order chi connectivity index (χ0) is 16.8. The molecule has 0 saturated heterocycles. The number of benzene rings is 2. The molecule has 0 saturated carbocycles. The van der Waals surface area contributed by atoms with Crippen LogP contribution < -0.4 is 10.1 Å². The second-order valence-electron chi connectivity index (χ2n) is 4.98. The average molecular weight is 317 g/mol. The molecule has 120 valence electrons. The SMILES string of the molecule is COc1ccc([C@H](C)NC(=O)/C=C/c2ccccc2F)cc1F. The van der Waals surface area contributed by atoms with Gasteiger partial charge in [-0.2, -0.15) is 0 Å². The molecule has 1 amide bonds. The van der Waals surface area contributed by atoms with Crippen LogP contribution in [-0.4, -0.2) is 13.0 Å². The highest BCUT2D eigenvalue weighted by molar-refractivity contribution is 5.92. The van der Waals surface area contributed by atoms with Crippen molar-refractivity contribution in [3.05, 3.63) is 71.3 Å². The molecule has 3 nitrogen and oxygen atoms in total. The fourth-order valence-electron chi connectivity index (χ4n) is 2.07. The van der Waals surface area contributed by atoms with Gasteiger partial charge in [0.2, 0.25) is 5.91 Å². The number of ether oxygens (including phenoxy) is 1. The van der Waals surface area contributed by atoms with Crippen molar-refractivity contribution >= 4 is 12.0 Å². The molecular formula is C18H17F2NO2. The Hall–Kier alpha value is -2.69. The largest absolute Gasteiger partial charge is 0.494 e. The molecule has 0 spiro atoms. The Morgan fingerprint density at radius 2 is 1.91 bits per heavy atom. The highest BCUT2D eigenvalue weighted by Gasteiger charge is 2.11. The summed E-state index contributed by atoms with van der Waals surface area (Å²) in [4.78, 5) is 11.9. The van der Waals surface area contributed by atoms with Gasteiger partial charge < -0.3 is 10.1 Å². The molecule has 2 rings (SSSR count). The van der Waals surface area contributed by atoms with Crippen LogP contribution in [0.3, 0.4) is 0 Å². The van der Waals surface area contributed by atoms with Crippen molar-refractivity contribution in [3.63, 3.8) is 0 Å². The van der Waals surface area contributed by atoms with Crippen molar-refractivity contribution in [3.8, 4) is 5.75 Å². The molecule has 0 aliphatic carbocycles. The highest BCUT2D eigenvalue weighted by Crippen LogP contribution is 2.21. The fourth-order valence-corrected chi connectivity index (χ4v) is 2.07. The Morgan fingerprint density at radius 3 is 2.57 bits per heavy atom. The summed E-state index contributed by atoms with van der Waals surface area (Å²) in [6.07, 6.45) is 2.64. The van der Waals surface area contributed by atoms with E-state index in [9.17, 15) is 13.6 Å². The molecule has 0 bridgehead atoms. The maximum atomic E-state index is 13.7. The highest BCUT2D eigenvalue weighted by atomic mass is 19.1. The van der Waals surface area contributed by atoms with Crippen LogP contribution in [0.15, 0.2) is 48.5 Å². The lowest BCUT2D eigenvalue weighted by molar-refractivity contribution is -0.117. The zero-order valence-electron chi connectivity index (χ0n) is 12.8. The van der Waals surface area contributed by atoms with Crippen LogP contribution in [0.4, 0.5) is 8.78 Å². The number of methoxy groups -OCH3 is 1. The summed E-state index contributed by atoms with van der Waals surface area (Å²) in [7, 11) is 1.39. The van der Waals surface area contributed by atoms with Crippen molar-refractivity contribution in [2.45, 2.75) is 13.0 Å². The molecule has 1 atom stereocenters. The minimum Gasteiger partial charge on any atom is -0.494 e. The van der Waals surface area contributed by atoms with Gasteiger partial charge >= 0.3 is 0 Å². The summed E-state index contributed by atoms with van der Waals surface area (Å²) < 4.78 is 32.0. The van der Waals surface area contributed by atoms with E-state index in [2.05, 4.69) is 5.32 Å². The second-order valence-corrected chi connectivity index (χ2v) is 4.98. The van der Waals surface area contributed by atoms with E-state index in [0.717, 1.165) is 0 Å². The van der Waals surface area contributed by atoms with Crippen LogP contribution in [-0.2, 0) is 4.79 Å². The van der Waals surface area contributed by atoms with Crippen LogP contribution in [0, 0.1) is 11.6 Å². The Labute approximate surface area is 133 Å². The molecule has 0 radical (unpaired) electrons. The third-order valence-electron chi connectivity index (χ3n) is 3.35. The van der Waals surface area contributed by atoms with Crippen LogP contribution >= 0.6 is 0 Å². The van der Waals surface area contributed by atoms with E-state index < -0.39 is 23.6 Å². The van der Waals surface area contributed by atoms with Gasteiger partial charge in [-0.1, -0.05) is 24.3 Å². The molecule has 5 heteroatoms. The first kappa shape index (κ1) is 16.7. The van der Waals surface area contributed by atoms with Gasteiger partial charge in [-0.3, -0.25) is 4.79 Å².